The molecule has 0 N–H and O–H groups in total. The fourth-order valence-electron chi connectivity index (χ4n) is 3.79. The van der Waals surface area contributed by atoms with Crippen LogP contribution in [0.25, 0.3) is 0 Å². The summed E-state index contributed by atoms with van der Waals surface area (Å²) in [6.45, 7) is 4.81. The van der Waals surface area contributed by atoms with Crippen LogP contribution in [-0.4, -0.2) is 74.3 Å². The number of ether oxygens (including phenoxy) is 2. The summed E-state index contributed by atoms with van der Waals surface area (Å²) in [6.07, 6.45) is 0. The number of para-hydroxylation sites is 1. The first kappa shape index (κ1) is 25.8. The minimum Gasteiger partial charge on any atom is -0.460 e. The summed E-state index contributed by atoms with van der Waals surface area (Å²) in [7, 11) is 0. The van der Waals surface area contributed by atoms with Crippen molar-refractivity contribution in [2.75, 3.05) is 56.8 Å². The number of urea groups is 1. The number of hydrogen-bond acceptors (Lipinski definition) is 6. The molecule has 4 rings (SSSR count). The molecule has 1 heterocycles. The van der Waals surface area contributed by atoms with E-state index in [1.165, 1.54) is 11.9 Å². The average molecular weight is 506 g/mol. The molecular formula is C28H31N3O4S. The van der Waals surface area contributed by atoms with E-state index in [4.69, 9.17) is 9.47 Å². The third-order valence-electron chi connectivity index (χ3n) is 5.77. The number of nitrogens with zero attached hydrogens (tertiary/aromatic N) is 3. The van der Waals surface area contributed by atoms with Gasteiger partial charge in [-0.05, 0) is 48.3 Å². The molecule has 0 unspecified atom stereocenters. The fourth-order valence-corrected chi connectivity index (χ4v) is 4.70. The van der Waals surface area contributed by atoms with Crippen molar-refractivity contribution in [2.24, 2.45) is 0 Å². The SMILES string of the molecule is O=C(OCCOCCN1CCN(C(=O)N(Sc2ccccc2)c2ccccc2)CC1)c1ccccc1. The molecule has 0 radical (unpaired) electrons. The van der Waals surface area contributed by atoms with Crippen molar-refractivity contribution < 1.29 is 19.1 Å². The van der Waals surface area contributed by atoms with Crippen molar-refractivity contribution in [2.45, 2.75) is 4.90 Å². The zero-order chi connectivity index (χ0) is 25.0. The molecule has 1 aliphatic rings. The normalized spacial score (nSPS) is 13.8. The van der Waals surface area contributed by atoms with Crippen molar-refractivity contribution in [3.63, 3.8) is 0 Å². The first-order valence-electron chi connectivity index (χ1n) is 12.1. The summed E-state index contributed by atoms with van der Waals surface area (Å²) in [6, 6.07) is 28.6. The van der Waals surface area contributed by atoms with Crippen molar-refractivity contribution in [1.29, 1.82) is 0 Å². The molecule has 8 heteroatoms. The lowest BCUT2D eigenvalue weighted by Gasteiger charge is -2.37. The fraction of sp³-hybridized carbons (Fsp3) is 0.286. The van der Waals surface area contributed by atoms with Gasteiger partial charge in [-0.15, -0.1) is 0 Å². The Kier molecular flexibility index (Phi) is 9.78. The van der Waals surface area contributed by atoms with Gasteiger partial charge in [-0.3, -0.25) is 4.90 Å². The molecular weight excluding hydrogens is 474 g/mol. The van der Waals surface area contributed by atoms with Gasteiger partial charge in [0.2, 0.25) is 0 Å². The highest BCUT2D eigenvalue weighted by Crippen LogP contribution is 2.30. The Balaban J connectivity index is 1.18. The van der Waals surface area contributed by atoms with Gasteiger partial charge < -0.3 is 14.4 Å². The van der Waals surface area contributed by atoms with Crippen LogP contribution in [0.4, 0.5) is 10.5 Å². The highest BCUT2D eigenvalue weighted by atomic mass is 32.2. The summed E-state index contributed by atoms with van der Waals surface area (Å²) in [4.78, 5) is 30.6. The Labute approximate surface area is 216 Å². The first-order valence-corrected chi connectivity index (χ1v) is 12.9. The molecule has 0 spiro atoms. The van der Waals surface area contributed by atoms with Crippen LogP contribution in [0, 0.1) is 0 Å². The number of anilines is 1. The second-order valence-electron chi connectivity index (χ2n) is 8.26. The van der Waals surface area contributed by atoms with E-state index in [0.717, 1.165) is 30.2 Å². The molecule has 0 atom stereocenters. The summed E-state index contributed by atoms with van der Waals surface area (Å²) in [5, 5.41) is 0. The predicted octanol–water partition coefficient (Wildman–Crippen LogP) is 4.81. The number of benzene rings is 3. The predicted molar refractivity (Wildman–Crippen MR) is 142 cm³/mol. The van der Waals surface area contributed by atoms with E-state index in [1.54, 1.807) is 16.4 Å². The molecule has 0 saturated carbocycles. The largest absolute Gasteiger partial charge is 0.460 e. The molecule has 3 aromatic rings. The summed E-state index contributed by atoms with van der Waals surface area (Å²) >= 11 is 1.44. The molecule has 0 bridgehead atoms. The molecule has 36 heavy (non-hydrogen) atoms. The van der Waals surface area contributed by atoms with E-state index in [1.807, 2.05) is 83.8 Å². The van der Waals surface area contributed by atoms with Crippen molar-refractivity contribution >= 4 is 29.6 Å². The number of hydrogen-bond donors (Lipinski definition) is 0. The molecule has 0 aromatic heterocycles. The van der Waals surface area contributed by atoms with Gasteiger partial charge in [0, 0.05) is 37.6 Å². The van der Waals surface area contributed by atoms with Crippen molar-refractivity contribution in [3.8, 4) is 0 Å². The van der Waals surface area contributed by atoms with Crippen molar-refractivity contribution in [1.82, 2.24) is 9.80 Å². The lowest BCUT2D eigenvalue weighted by atomic mass is 10.2. The second kappa shape index (κ2) is 13.7. The number of piperazine rings is 1. The van der Waals surface area contributed by atoms with Crippen LogP contribution < -0.4 is 4.31 Å². The number of esters is 1. The molecule has 2 amide bonds. The highest BCUT2D eigenvalue weighted by molar-refractivity contribution is 8.01. The zero-order valence-corrected chi connectivity index (χ0v) is 21.0. The first-order chi connectivity index (χ1) is 17.7. The Hall–Kier alpha value is -3.33. The molecule has 1 saturated heterocycles. The summed E-state index contributed by atoms with van der Waals surface area (Å²) in [5.41, 5.74) is 1.40. The van der Waals surface area contributed by atoms with Gasteiger partial charge in [0.25, 0.3) is 0 Å². The Morgan fingerprint density at radius 3 is 2.03 bits per heavy atom. The number of rotatable bonds is 10. The second-order valence-corrected chi connectivity index (χ2v) is 9.28. The summed E-state index contributed by atoms with van der Waals surface area (Å²) < 4.78 is 12.7. The number of amides is 2. The van der Waals surface area contributed by atoms with Crippen LogP contribution in [0.3, 0.4) is 0 Å². The minimum atomic E-state index is -0.338. The number of carbonyl (C=O) groups is 2. The van der Waals surface area contributed by atoms with Gasteiger partial charge in [-0.1, -0.05) is 54.6 Å². The minimum absolute atomic E-state index is 0.00816. The van der Waals surface area contributed by atoms with Gasteiger partial charge in [-0.2, -0.15) is 0 Å². The molecule has 1 fully saturated rings. The Bertz CT molecular complexity index is 1080. The molecule has 0 aliphatic carbocycles. The summed E-state index contributed by atoms with van der Waals surface area (Å²) in [5.74, 6) is -0.338. The highest BCUT2D eigenvalue weighted by Gasteiger charge is 2.27. The van der Waals surface area contributed by atoms with Gasteiger partial charge >= 0.3 is 12.0 Å². The van der Waals surface area contributed by atoms with E-state index < -0.39 is 0 Å². The third kappa shape index (κ3) is 7.58. The molecule has 1 aliphatic heterocycles. The van der Waals surface area contributed by atoms with Crippen LogP contribution in [0.15, 0.2) is 95.9 Å². The lowest BCUT2D eigenvalue weighted by molar-refractivity contribution is 0.0262. The average Bonchev–Trinajstić information content (AvgIpc) is 2.95. The monoisotopic (exact) mass is 505 g/mol. The van der Waals surface area contributed by atoms with E-state index >= 15 is 0 Å². The van der Waals surface area contributed by atoms with Crippen LogP contribution in [0.5, 0.6) is 0 Å². The smallest absolute Gasteiger partial charge is 0.338 e. The van der Waals surface area contributed by atoms with Gasteiger partial charge in [0.15, 0.2) is 0 Å². The van der Waals surface area contributed by atoms with E-state index in [-0.39, 0.29) is 18.6 Å². The van der Waals surface area contributed by atoms with Crippen molar-refractivity contribution in [3.05, 3.63) is 96.6 Å². The maximum atomic E-state index is 13.4. The lowest BCUT2D eigenvalue weighted by Crippen LogP contribution is -2.52. The standard InChI is InChI=1S/C28H31N3O4S/c32-27(24-10-4-1-5-11-24)35-23-22-34-21-20-29-16-18-30(19-17-29)28(33)31(25-12-6-2-7-13-25)36-26-14-8-3-9-15-26/h1-15H,16-23H2. The maximum Gasteiger partial charge on any atom is 0.338 e. The zero-order valence-electron chi connectivity index (χ0n) is 20.2. The van der Waals surface area contributed by atoms with Crippen LogP contribution in [-0.2, 0) is 9.47 Å². The van der Waals surface area contributed by atoms with Gasteiger partial charge in [0.1, 0.15) is 6.61 Å². The number of carbonyl (C=O) groups excluding carboxylic acids is 2. The van der Waals surface area contributed by atoms with E-state index in [9.17, 15) is 9.59 Å². The molecule has 188 valence electrons. The Morgan fingerprint density at radius 1 is 0.750 bits per heavy atom. The van der Waals surface area contributed by atoms with Crippen LogP contribution in [0.2, 0.25) is 0 Å². The van der Waals surface area contributed by atoms with E-state index in [0.29, 0.717) is 31.9 Å². The van der Waals surface area contributed by atoms with Crippen LogP contribution in [0.1, 0.15) is 10.4 Å². The van der Waals surface area contributed by atoms with Crippen LogP contribution >= 0.6 is 11.9 Å². The maximum absolute atomic E-state index is 13.4. The third-order valence-corrected chi connectivity index (χ3v) is 6.80. The quantitative estimate of drug-likeness (QED) is 0.224. The van der Waals surface area contributed by atoms with Gasteiger partial charge in [-0.25, -0.2) is 13.9 Å². The Morgan fingerprint density at radius 2 is 1.36 bits per heavy atom. The topological polar surface area (TPSA) is 62.3 Å². The van der Waals surface area contributed by atoms with E-state index in [2.05, 4.69) is 4.90 Å². The van der Waals surface area contributed by atoms with Gasteiger partial charge in [0.05, 0.1) is 24.5 Å². The molecule has 7 nitrogen and oxygen atoms in total. The molecule has 3 aromatic carbocycles.